The van der Waals surface area contributed by atoms with Crippen LogP contribution < -0.4 is 11.2 Å². The molecule has 8 heteroatoms. The maximum atomic E-state index is 13.2. The number of aromatic nitrogens is 4. The Bertz CT molecular complexity index is 1280. The predicted molar refractivity (Wildman–Crippen MR) is 109 cm³/mol. The Kier molecular flexibility index (Phi) is 4.98. The van der Waals surface area contributed by atoms with Gasteiger partial charge in [-0.3, -0.25) is 18.9 Å². The highest BCUT2D eigenvalue weighted by Gasteiger charge is 2.15. The zero-order valence-corrected chi connectivity index (χ0v) is 16.1. The Morgan fingerprint density at radius 3 is 2.43 bits per heavy atom. The summed E-state index contributed by atoms with van der Waals surface area (Å²) >= 11 is 12.3. The topological polar surface area (TPSA) is 69.8 Å². The summed E-state index contributed by atoms with van der Waals surface area (Å²) < 4.78 is 2.68. The first-order valence-electron chi connectivity index (χ1n) is 8.46. The van der Waals surface area contributed by atoms with Crippen LogP contribution in [0.5, 0.6) is 0 Å². The van der Waals surface area contributed by atoms with E-state index in [1.54, 1.807) is 54.9 Å². The molecular formula is C20H14Cl2N4O2. The minimum Gasteiger partial charge on any atom is -0.287 e. The molecule has 0 saturated heterocycles. The van der Waals surface area contributed by atoms with Gasteiger partial charge >= 0.3 is 5.69 Å². The Morgan fingerprint density at radius 1 is 0.893 bits per heavy atom. The summed E-state index contributed by atoms with van der Waals surface area (Å²) in [4.78, 5) is 34.3. The molecule has 3 aromatic heterocycles. The number of fused-ring (bicyclic) bond motifs is 1. The summed E-state index contributed by atoms with van der Waals surface area (Å²) in [7, 11) is 0. The van der Waals surface area contributed by atoms with Gasteiger partial charge in [-0.1, -0.05) is 29.3 Å². The largest absolute Gasteiger partial charge is 0.332 e. The summed E-state index contributed by atoms with van der Waals surface area (Å²) in [5.74, 6) is 0. The number of nitrogens with zero attached hydrogens (tertiary/aromatic N) is 4. The Hall–Kier alpha value is -2.96. The van der Waals surface area contributed by atoms with Crippen LogP contribution in [0.4, 0.5) is 0 Å². The van der Waals surface area contributed by atoms with Crippen LogP contribution in [0.2, 0.25) is 10.0 Å². The van der Waals surface area contributed by atoms with E-state index in [4.69, 9.17) is 23.2 Å². The second-order valence-electron chi connectivity index (χ2n) is 6.22. The molecule has 140 valence electrons. The Labute approximate surface area is 169 Å². The number of pyridine rings is 2. The van der Waals surface area contributed by atoms with E-state index >= 15 is 0 Å². The lowest BCUT2D eigenvalue weighted by Crippen LogP contribution is -2.40. The standard InChI is InChI=1S/C20H14Cl2N4O2/c21-15-4-3-14(16(22)10-15)12-25-17-2-1-7-24-18(17)19(27)26(20(25)28)11-13-5-8-23-9-6-13/h1-10H,11-12H2. The highest BCUT2D eigenvalue weighted by molar-refractivity contribution is 6.35. The van der Waals surface area contributed by atoms with Crippen LogP contribution in [0.1, 0.15) is 11.1 Å². The lowest BCUT2D eigenvalue weighted by atomic mass is 10.2. The predicted octanol–water partition coefficient (Wildman–Crippen LogP) is 3.36. The molecule has 1 aromatic carbocycles. The van der Waals surface area contributed by atoms with Crippen molar-refractivity contribution in [3.05, 3.63) is 103 Å². The van der Waals surface area contributed by atoms with Gasteiger partial charge in [-0.15, -0.1) is 0 Å². The highest BCUT2D eigenvalue weighted by atomic mass is 35.5. The van der Waals surface area contributed by atoms with Crippen molar-refractivity contribution in [2.24, 2.45) is 0 Å². The van der Waals surface area contributed by atoms with Crippen molar-refractivity contribution >= 4 is 34.2 Å². The molecule has 0 aliphatic heterocycles. The Morgan fingerprint density at radius 2 is 1.68 bits per heavy atom. The summed E-state index contributed by atoms with van der Waals surface area (Å²) in [6.45, 7) is 0.314. The van der Waals surface area contributed by atoms with Crippen LogP contribution in [0.15, 0.2) is 70.6 Å². The molecule has 4 rings (SSSR count). The summed E-state index contributed by atoms with van der Waals surface area (Å²) in [6, 6.07) is 12.0. The maximum Gasteiger partial charge on any atom is 0.332 e. The number of benzene rings is 1. The smallest absolute Gasteiger partial charge is 0.287 e. The third-order valence-corrected chi connectivity index (χ3v) is 5.01. The molecule has 0 spiro atoms. The van der Waals surface area contributed by atoms with Gasteiger partial charge in [0.15, 0.2) is 5.52 Å². The monoisotopic (exact) mass is 412 g/mol. The molecule has 0 aliphatic carbocycles. The van der Waals surface area contributed by atoms with Crippen molar-refractivity contribution in [3.63, 3.8) is 0 Å². The van der Waals surface area contributed by atoms with Crippen LogP contribution in [0.3, 0.4) is 0 Å². The zero-order chi connectivity index (χ0) is 19.7. The second kappa shape index (κ2) is 7.58. The molecule has 0 radical (unpaired) electrons. The molecule has 0 aliphatic rings. The Balaban J connectivity index is 1.92. The van der Waals surface area contributed by atoms with Crippen LogP contribution in [-0.4, -0.2) is 19.1 Å². The van der Waals surface area contributed by atoms with Crippen LogP contribution >= 0.6 is 23.2 Å². The summed E-state index contributed by atoms with van der Waals surface area (Å²) in [5.41, 5.74) is 1.31. The van der Waals surface area contributed by atoms with E-state index in [0.29, 0.717) is 21.1 Å². The van der Waals surface area contributed by atoms with Crippen LogP contribution in [0.25, 0.3) is 11.0 Å². The molecule has 0 unspecified atom stereocenters. The molecular weight excluding hydrogens is 399 g/mol. The van der Waals surface area contributed by atoms with Crippen molar-refractivity contribution in [2.45, 2.75) is 13.1 Å². The van der Waals surface area contributed by atoms with Gasteiger partial charge in [-0.05, 0) is 47.5 Å². The van der Waals surface area contributed by atoms with Gasteiger partial charge < -0.3 is 0 Å². The van der Waals surface area contributed by atoms with E-state index in [1.165, 1.54) is 15.3 Å². The van der Waals surface area contributed by atoms with Gasteiger partial charge in [0.1, 0.15) is 0 Å². The molecule has 28 heavy (non-hydrogen) atoms. The lowest BCUT2D eigenvalue weighted by Gasteiger charge is -2.14. The molecule has 0 bridgehead atoms. The van der Waals surface area contributed by atoms with E-state index in [0.717, 1.165) is 5.56 Å². The number of hydrogen-bond donors (Lipinski definition) is 0. The van der Waals surface area contributed by atoms with Gasteiger partial charge in [0, 0.05) is 28.6 Å². The molecule has 0 fully saturated rings. The highest BCUT2D eigenvalue weighted by Crippen LogP contribution is 2.22. The average molecular weight is 413 g/mol. The van der Waals surface area contributed by atoms with E-state index in [9.17, 15) is 9.59 Å². The SMILES string of the molecule is O=c1c2ncccc2n(Cc2ccc(Cl)cc2Cl)c(=O)n1Cc1ccncc1. The van der Waals surface area contributed by atoms with E-state index < -0.39 is 11.2 Å². The fourth-order valence-corrected chi connectivity index (χ4v) is 3.49. The number of rotatable bonds is 4. The molecule has 0 N–H and O–H groups in total. The van der Waals surface area contributed by atoms with E-state index in [1.807, 2.05) is 0 Å². The van der Waals surface area contributed by atoms with E-state index in [-0.39, 0.29) is 18.6 Å². The minimum atomic E-state index is -0.437. The van der Waals surface area contributed by atoms with Crippen molar-refractivity contribution in [3.8, 4) is 0 Å². The van der Waals surface area contributed by atoms with E-state index in [2.05, 4.69) is 9.97 Å². The normalized spacial score (nSPS) is 11.1. The van der Waals surface area contributed by atoms with Gasteiger partial charge in [-0.2, -0.15) is 0 Å². The van der Waals surface area contributed by atoms with Crippen molar-refractivity contribution in [1.29, 1.82) is 0 Å². The first-order chi connectivity index (χ1) is 13.5. The first kappa shape index (κ1) is 18.4. The maximum absolute atomic E-state index is 13.2. The van der Waals surface area contributed by atoms with Gasteiger partial charge in [-0.25, -0.2) is 9.78 Å². The van der Waals surface area contributed by atoms with Crippen molar-refractivity contribution in [1.82, 2.24) is 19.1 Å². The third-order valence-electron chi connectivity index (χ3n) is 4.42. The second-order valence-corrected chi connectivity index (χ2v) is 7.07. The molecule has 3 heterocycles. The average Bonchev–Trinajstić information content (AvgIpc) is 2.71. The quantitative estimate of drug-likeness (QED) is 0.515. The van der Waals surface area contributed by atoms with Gasteiger partial charge in [0.25, 0.3) is 5.56 Å². The summed E-state index contributed by atoms with van der Waals surface area (Å²) in [6.07, 6.45) is 4.77. The third kappa shape index (κ3) is 3.44. The fourth-order valence-electron chi connectivity index (χ4n) is 3.03. The number of halogens is 2. The van der Waals surface area contributed by atoms with Crippen LogP contribution in [-0.2, 0) is 13.1 Å². The summed E-state index contributed by atoms with van der Waals surface area (Å²) in [5, 5.41) is 0.957. The van der Waals surface area contributed by atoms with Crippen molar-refractivity contribution in [2.75, 3.05) is 0 Å². The van der Waals surface area contributed by atoms with Gasteiger partial charge in [0.05, 0.1) is 18.6 Å². The first-order valence-corrected chi connectivity index (χ1v) is 9.21. The lowest BCUT2D eigenvalue weighted by molar-refractivity contribution is 0.633. The van der Waals surface area contributed by atoms with Crippen molar-refractivity contribution < 1.29 is 0 Å². The molecule has 4 aromatic rings. The molecule has 6 nitrogen and oxygen atoms in total. The van der Waals surface area contributed by atoms with Crippen LogP contribution in [0, 0.1) is 0 Å². The zero-order valence-electron chi connectivity index (χ0n) is 14.5. The minimum absolute atomic E-state index is 0.126. The molecule has 0 atom stereocenters. The fraction of sp³-hybridized carbons (Fsp3) is 0.100. The molecule has 0 saturated carbocycles. The number of hydrogen-bond acceptors (Lipinski definition) is 4. The van der Waals surface area contributed by atoms with Gasteiger partial charge in [0.2, 0.25) is 0 Å². The molecule has 0 amide bonds.